The molecule has 0 fully saturated rings. The van der Waals surface area contributed by atoms with E-state index in [0.717, 1.165) is 0 Å². The second-order valence-corrected chi connectivity index (χ2v) is 3.29. The third-order valence-electron chi connectivity index (χ3n) is 2.02. The quantitative estimate of drug-likeness (QED) is 0.601. The molecule has 0 aliphatic rings. The van der Waals surface area contributed by atoms with Gasteiger partial charge in [0.1, 0.15) is 0 Å². The summed E-state index contributed by atoms with van der Waals surface area (Å²) in [7, 11) is 0. The van der Waals surface area contributed by atoms with E-state index < -0.39 is 35.3 Å². The van der Waals surface area contributed by atoms with Crippen molar-refractivity contribution in [3.05, 3.63) is 29.3 Å². The zero-order valence-electron chi connectivity index (χ0n) is 8.10. The van der Waals surface area contributed by atoms with Gasteiger partial charge in [0.2, 0.25) is 0 Å². The molecular weight excluding hydrogens is 252 g/mol. The summed E-state index contributed by atoms with van der Waals surface area (Å²) in [6, 6.07) is 1.41. The lowest BCUT2D eigenvalue weighted by Gasteiger charge is -2.18. The standard InChI is InChI=1S/C9H7F6NO/c10-8(11,12)4-1-2-6(16)5(3-4)7(17)9(13,14)15/h1-3,7,17H,16H2. The predicted octanol–water partition coefficient (Wildman–Crippen LogP) is 2.88. The molecule has 1 unspecified atom stereocenters. The van der Waals surface area contributed by atoms with Gasteiger partial charge in [0.05, 0.1) is 5.56 Å². The zero-order valence-corrected chi connectivity index (χ0v) is 8.10. The van der Waals surface area contributed by atoms with Crippen molar-refractivity contribution >= 4 is 5.69 Å². The molecule has 0 saturated heterocycles. The van der Waals surface area contributed by atoms with E-state index in [9.17, 15) is 26.3 Å². The first kappa shape index (κ1) is 13.6. The molecule has 0 aliphatic heterocycles. The van der Waals surface area contributed by atoms with Crippen molar-refractivity contribution in [2.24, 2.45) is 0 Å². The normalized spacial score (nSPS) is 14.8. The Hall–Kier alpha value is -1.44. The largest absolute Gasteiger partial charge is 0.418 e. The van der Waals surface area contributed by atoms with E-state index in [1.165, 1.54) is 0 Å². The van der Waals surface area contributed by atoms with Crippen LogP contribution in [0, 0.1) is 0 Å². The van der Waals surface area contributed by atoms with Gasteiger partial charge in [-0.2, -0.15) is 26.3 Å². The number of aliphatic hydroxyl groups excluding tert-OH is 1. The first-order valence-corrected chi connectivity index (χ1v) is 4.25. The average Bonchev–Trinajstić information content (AvgIpc) is 2.14. The number of halogens is 6. The highest BCUT2D eigenvalue weighted by molar-refractivity contribution is 5.50. The number of hydrogen-bond donors (Lipinski definition) is 2. The van der Waals surface area contributed by atoms with Crippen molar-refractivity contribution in [1.29, 1.82) is 0 Å². The highest BCUT2D eigenvalue weighted by atomic mass is 19.4. The predicted molar refractivity (Wildman–Crippen MR) is 46.9 cm³/mol. The molecule has 0 bridgehead atoms. The van der Waals surface area contributed by atoms with Crippen molar-refractivity contribution in [2.75, 3.05) is 5.73 Å². The van der Waals surface area contributed by atoms with Gasteiger partial charge in [0.25, 0.3) is 0 Å². The minimum absolute atomic E-state index is 0.188. The second-order valence-electron chi connectivity index (χ2n) is 3.29. The maximum absolute atomic E-state index is 12.3. The number of anilines is 1. The Morgan fingerprint density at radius 2 is 1.59 bits per heavy atom. The van der Waals surface area contributed by atoms with E-state index in [0.29, 0.717) is 12.1 Å². The minimum Gasteiger partial charge on any atom is -0.398 e. The first-order valence-electron chi connectivity index (χ1n) is 4.25. The molecule has 3 N–H and O–H groups in total. The molecule has 2 nitrogen and oxygen atoms in total. The molecule has 17 heavy (non-hydrogen) atoms. The molecule has 1 atom stereocenters. The van der Waals surface area contributed by atoms with Gasteiger partial charge < -0.3 is 10.8 Å². The lowest BCUT2D eigenvalue weighted by Crippen LogP contribution is -2.22. The highest BCUT2D eigenvalue weighted by Gasteiger charge is 2.41. The molecule has 1 aromatic carbocycles. The third-order valence-corrected chi connectivity index (χ3v) is 2.02. The van der Waals surface area contributed by atoms with Crippen LogP contribution >= 0.6 is 0 Å². The molecule has 0 heterocycles. The van der Waals surface area contributed by atoms with Gasteiger partial charge in [-0.15, -0.1) is 0 Å². The van der Waals surface area contributed by atoms with E-state index in [1.807, 2.05) is 0 Å². The van der Waals surface area contributed by atoms with E-state index >= 15 is 0 Å². The van der Waals surface area contributed by atoms with Gasteiger partial charge >= 0.3 is 12.4 Å². The molecule has 0 spiro atoms. The van der Waals surface area contributed by atoms with E-state index in [1.54, 1.807) is 0 Å². The lowest BCUT2D eigenvalue weighted by atomic mass is 10.0. The Morgan fingerprint density at radius 1 is 1.06 bits per heavy atom. The number of nitrogen functional groups attached to an aromatic ring is 1. The first-order chi connectivity index (χ1) is 7.53. The summed E-state index contributed by atoms with van der Waals surface area (Å²) < 4.78 is 73.2. The summed E-state index contributed by atoms with van der Waals surface area (Å²) >= 11 is 0. The van der Waals surface area contributed by atoms with Crippen molar-refractivity contribution in [3.8, 4) is 0 Å². The Balaban J connectivity index is 3.25. The molecular formula is C9H7F6NO. The van der Waals surface area contributed by atoms with Crippen LogP contribution in [0.4, 0.5) is 32.0 Å². The number of rotatable bonds is 1. The van der Waals surface area contributed by atoms with Crippen molar-refractivity contribution < 1.29 is 31.4 Å². The molecule has 0 saturated carbocycles. The maximum Gasteiger partial charge on any atom is 0.418 e. The monoisotopic (exact) mass is 259 g/mol. The number of alkyl halides is 6. The average molecular weight is 259 g/mol. The Morgan fingerprint density at radius 3 is 2.00 bits per heavy atom. The van der Waals surface area contributed by atoms with Crippen molar-refractivity contribution in [3.63, 3.8) is 0 Å². The van der Waals surface area contributed by atoms with Gasteiger partial charge in [0, 0.05) is 11.3 Å². The summed E-state index contributed by atoms with van der Waals surface area (Å²) in [4.78, 5) is 0. The van der Waals surface area contributed by atoms with Crippen LogP contribution in [-0.2, 0) is 6.18 Å². The Kier molecular flexibility index (Phi) is 3.28. The van der Waals surface area contributed by atoms with Crippen LogP contribution in [0.1, 0.15) is 17.2 Å². The maximum atomic E-state index is 12.3. The van der Waals surface area contributed by atoms with Crippen LogP contribution in [0.2, 0.25) is 0 Å². The highest BCUT2D eigenvalue weighted by Crippen LogP contribution is 2.38. The number of aliphatic hydroxyl groups is 1. The molecule has 8 heteroatoms. The SMILES string of the molecule is Nc1ccc(C(F)(F)F)cc1C(O)C(F)(F)F. The van der Waals surface area contributed by atoms with Crippen LogP contribution < -0.4 is 5.73 Å². The van der Waals surface area contributed by atoms with Crippen molar-refractivity contribution in [2.45, 2.75) is 18.5 Å². The lowest BCUT2D eigenvalue weighted by molar-refractivity contribution is -0.206. The Labute approximate surface area is 91.7 Å². The summed E-state index contributed by atoms with van der Waals surface area (Å²) in [6.07, 6.45) is -12.9. The molecule has 96 valence electrons. The second kappa shape index (κ2) is 4.10. The fourth-order valence-electron chi connectivity index (χ4n) is 1.16. The molecule has 0 radical (unpaired) electrons. The van der Waals surface area contributed by atoms with Crippen LogP contribution in [0.3, 0.4) is 0 Å². The van der Waals surface area contributed by atoms with Gasteiger partial charge in [0.15, 0.2) is 6.10 Å². The van der Waals surface area contributed by atoms with Crippen LogP contribution in [0.25, 0.3) is 0 Å². The smallest absolute Gasteiger partial charge is 0.398 e. The fourth-order valence-corrected chi connectivity index (χ4v) is 1.16. The number of hydrogen-bond acceptors (Lipinski definition) is 2. The third kappa shape index (κ3) is 3.02. The zero-order chi connectivity index (χ0) is 13.4. The number of benzene rings is 1. The molecule has 1 aromatic rings. The summed E-state index contributed by atoms with van der Waals surface area (Å²) in [5.74, 6) is 0. The minimum atomic E-state index is -5.07. The van der Waals surface area contributed by atoms with Crippen LogP contribution in [0.15, 0.2) is 18.2 Å². The topological polar surface area (TPSA) is 46.2 Å². The molecule has 1 rings (SSSR count). The summed E-state index contributed by atoms with van der Waals surface area (Å²) in [5, 5.41) is 8.86. The molecule has 0 aromatic heterocycles. The van der Waals surface area contributed by atoms with E-state index in [4.69, 9.17) is 10.8 Å². The molecule has 0 amide bonds. The number of nitrogens with two attached hydrogens (primary N) is 1. The van der Waals surface area contributed by atoms with Gasteiger partial charge in [-0.3, -0.25) is 0 Å². The fraction of sp³-hybridized carbons (Fsp3) is 0.333. The van der Waals surface area contributed by atoms with E-state index in [2.05, 4.69) is 0 Å². The summed E-state index contributed by atoms with van der Waals surface area (Å²) in [5.41, 5.74) is 2.24. The molecule has 0 aliphatic carbocycles. The van der Waals surface area contributed by atoms with Crippen LogP contribution in [0.5, 0.6) is 0 Å². The van der Waals surface area contributed by atoms with E-state index in [-0.39, 0.29) is 6.07 Å². The summed E-state index contributed by atoms with van der Waals surface area (Å²) in [6.45, 7) is 0. The van der Waals surface area contributed by atoms with Gasteiger partial charge in [-0.25, -0.2) is 0 Å². The van der Waals surface area contributed by atoms with Gasteiger partial charge in [-0.1, -0.05) is 0 Å². The Bertz CT molecular complexity index is 411. The van der Waals surface area contributed by atoms with Crippen molar-refractivity contribution in [1.82, 2.24) is 0 Å². The van der Waals surface area contributed by atoms with Crippen LogP contribution in [-0.4, -0.2) is 11.3 Å². The van der Waals surface area contributed by atoms with Gasteiger partial charge in [-0.05, 0) is 18.2 Å².